The molecule has 0 radical (unpaired) electrons. The SMILES string of the molecule is CC1(c2ccc(-c3cc(-c4ccccc4)c4c(ccc5ccccc54)n3)cc2)CC=C(c2cccc3cccnc23)c2ccccc21. The molecule has 0 bridgehead atoms. The summed E-state index contributed by atoms with van der Waals surface area (Å²) in [6, 6.07) is 54.5. The Morgan fingerprint density at radius 3 is 2.21 bits per heavy atom. The number of para-hydroxylation sites is 1. The van der Waals surface area contributed by atoms with Gasteiger partial charge < -0.3 is 0 Å². The van der Waals surface area contributed by atoms with Crippen molar-refractivity contribution in [2.45, 2.75) is 18.8 Å². The molecule has 6 aromatic carbocycles. The molecule has 2 aromatic heterocycles. The second-order valence-electron chi connectivity index (χ2n) is 12.8. The number of hydrogen-bond acceptors (Lipinski definition) is 2. The molecule has 2 nitrogen and oxygen atoms in total. The zero-order valence-electron chi connectivity index (χ0n) is 26.2. The van der Waals surface area contributed by atoms with Crippen molar-refractivity contribution in [2.75, 3.05) is 0 Å². The largest absolute Gasteiger partial charge is 0.256 e. The number of pyridine rings is 2. The van der Waals surface area contributed by atoms with E-state index < -0.39 is 0 Å². The minimum absolute atomic E-state index is 0.165. The van der Waals surface area contributed by atoms with E-state index in [9.17, 15) is 0 Å². The first-order valence-electron chi connectivity index (χ1n) is 16.3. The molecule has 2 heterocycles. The predicted molar refractivity (Wildman–Crippen MR) is 196 cm³/mol. The van der Waals surface area contributed by atoms with Crippen molar-refractivity contribution in [3.05, 3.63) is 186 Å². The average molecular weight is 601 g/mol. The van der Waals surface area contributed by atoms with Gasteiger partial charge in [-0.2, -0.15) is 0 Å². The monoisotopic (exact) mass is 600 g/mol. The zero-order valence-corrected chi connectivity index (χ0v) is 26.2. The molecule has 0 spiro atoms. The normalized spacial score (nSPS) is 15.9. The molecule has 1 unspecified atom stereocenters. The van der Waals surface area contributed by atoms with Crippen LogP contribution in [0.2, 0.25) is 0 Å². The second kappa shape index (κ2) is 10.9. The fourth-order valence-corrected chi connectivity index (χ4v) is 7.58. The number of aromatic nitrogens is 2. The van der Waals surface area contributed by atoms with E-state index in [1.54, 1.807) is 0 Å². The van der Waals surface area contributed by atoms with Crippen LogP contribution in [0.15, 0.2) is 164 Å². The molecule has 0 fully saturated rings. The van der Waals surface area contributed by atoms with Gasteiger partial charge in [0.2, 0.25) is 0 Å². The first kappa shape index (κ1) is 27.5. The van der Waals surface area contributed by atoms with Gasteiger partial charge in [0.1, 0.15) is 0 Å². The summed E-state index contributed by atoms with van der Waals surface area (Å²) >= 11 is 0. The maximum absolute atomic E-state index is 5.23. The van der Waals surface area contributed by atoms with E-state index in [0.29, 0.717) is 0 Å². The quantitative estimate of drug-likeness (QED) is 0.188. The Kier molecular flexibility index (Phi) is 6.36. The fraction of sp³-hybridized carbons (Fsp3) is 0.0667. The lowest BCUT2D eigenvalue weighted by Crippen LogP contribution is -2.27. The second-order valence-corrected chi connectivity index (χ2v) is 12.8. The van der Waals surface area contributed by atoms with Gasteiger partial charge in [0.05, 0.1) is 16.7 Å². The highest BCUT2D eigenvalue weighted by Gasteiger charge is 2.34. The van der Waals surface area contributed by atoms with Gasteiger partial charge in [-0.05, 0) is 68.8 Å². The molecule has 8 aromatic rings. The topological polar surface area (TPSA) is 25.8 Å². The fourth-order valence-electron chi connectivity index (χ4n) is 7.58. The molecule has 0 aliphatic heterocycles. The Hall–Kier alpha value is -5.86. The van der Waals surface area contributed by atoms with Gasteiger partial charge in [-0.25, -0.2) is 4.98 Å². The molecule has 0 amide bonds. The molecule has 1 aliphatic carbocycles. The summed E-state index contributed by atoms with van der Waals surface area (Å²) in [5, 5.41) is 4.82. The number of nitrogens with zero attached hydrogens (tertiary/aromatic N) is 2. The molecule has 47 heavy (non-hydrogen) atoms. The highest BCUT2D eigenvalue weighted by atomic mass is 14.7. The van der Waals surface area contributed by atoms with Gasteiger partial charge in [-0.15, -0.1) is 0 Å². The van der Waals surface area contributed by atoms with Crippen LogP contribution < -0.4 is 0 Å². The van der Waals surface area contributed by atoms with Crippen LogP contribution in [0, 0.1) is 0 Å². The maximum atomic E-state index is 5.23. The molecular formula is C45H32N2. The molecule has 1 atom stereocenters. The van der Waals surface area contributed by atoms with Crippen molar-refractivity contribution in [3.8, 4) is 22.4 Å². The lowest BCUT2D eigenvalue weighted by molar-refractivity contribution is 0.573. The third kappa shape index (κ3) is 4.48. The Morgan fingerprint density at radius 2 is 1.32 bits per heavy atom. The van der Waals surface area contributed by atoms with E-state index >= 15 is 0 Å². The van der Waals surface area contributed by atoms with Crippen molar-refractivity contribution >= 4 is 38.2 Å². The van der Waals surface area contributed by atoms with Crippen molar-refractivity contribution in [3.63, 3.8) is 0 Å². The number of benzene rings is 6. The van der Waals surface area contributed by atoms with Crippen LogP contribution in [0.1, 0.15) is 35.6 Å². The van der Waals surface area contributed by atoms with Gasteiger partial charge in [0.15, 0.2) is 0 Å². The van der Waals surface area contributed by atoms with Gasteiger partial charge >= 0.3 is 0 Å². The van der Waals surface area contributed by atoms with Crippen LogP contribution in [0.3, 0.4) is 0 Å². The number of rotatable bonds is 4. The Morgan fingerprint density at radius 1 is 0.574 bits per heavy atom. The molecule has 222 valence electrons. The van der Waals surface area contributed by atoms with E-state index in [0.717, 1.165) is 28.7 Å². The molecule has 0 saturated heterocycles. The summed E-state index contributed by atoms with van der Waals surface area (Å²) in [6.45, 7) is 2.38. The molecule has 2 heteroatoms. The summed E-state index contributed by atoms with van der Waals surface area (Å²) < 4.78 is 0. The minimum atomic E-state index is -0.165. The summed E-state index contributed by atoms with van der Waals surface area (Å²) in [5.74, 6) is 0. The van der Waals surface area contributed by atoms with E-state index in [-0.39, 0.29) is 5.41 Å². The van der Waals surface area contributed by atoms with Crippen molar-refractivity contribution in [2.24, 2.45) is 0 Å². The number of hydrogen-bond donors (Lipinski definition) is 0. The summed E-state index contributed by atoms with van der Waals surface area (Å²) in [4.78, 5) is 10.0. The molecular weight excluding hydrogens is 569 g/mol. The van der Waals surface area contributed by atoms with Gasteiger partial charge in [-0.3, -0.25) is 4.98 Å². The molecule has 1 aliphatic rings. The predicted octanol–water partition coefficient (Wildman–Crippen LogP) is 11.4. The standard InChI is InChI=1S/C45H32N2/c1-45(27-26-36(37-17-7-8-19-40(37)45)38-18-9-14-33-15-10-28-46-44(33)38)34-23-20-32(21-24-34)42-29-39(30-11-3-2-4-12-30)43-35-16-6-5-13-31(35)22-25-41(43)47-42/h2-26,28-29H,27H2,1H3. The van der Waals surface area contributed by atoms with E-state index in [2.05, 4.69) is 159 Å². The zero-order chi connectivity index (χ0) is 31.4. The highest BCUT2D eigenvalue weighted by molar-refractivity contribution is 6.13. The maximum Gasteiger partial charge on any atom is 0.0780 e. The lowest BCUT2D eigenvalue weighted by Gasteiger charge is -2.36. The van der Waals surface area contributed by atoms with Crippen LogP contribution in [0.25, 0.3) is 60.5 Å². The minimum Gasteiger partial charge on any atom is -0.256 e. The van der Waals surface area contributed by atoms with Crippen LogP contribution in [-0.2, 0) is 5.41 Å². The molecule has 0 saturated carbocycles. The van der Waals surface area contributed by atoms with Crippen molar-refractivity contribution < 1.29 is 0 Å². The summed E-state index contributed by atoms with van der Waals surface area (Å²) in [6.07, 6.45) is 5.21. The first-order chi connectivity index (χ1) is 23.2. The third-order valence-electron chi connectivity index (χ3n) is 10.0. The summed E-state index contributed by atoms with van der Waals surface area (Å²) in [7, 11) is 0. The van der Waals surface area contributed by atoms with Gasteiger partial charge in [0, 0.05) is 33.5 Å². The van der Waals surface area contributed by atoms with Gasteiger partial charge in [-0.1, -0.05) is 146 Å². The number of allylic oxidation sites excluding steroid dienone is 1. The Balaban J connectivity index is 1.14. The van der Waals surface area contributed by atoms with Crippen LogP contribution in [-0.4, -0.2) is 9.97 Å². The van der Waals surface area contributed by atoms with E-state index in [1.807, 2.05) is 12.3 Å². The Bertz CT molecular complexity index is 2490. The van der Waals surface area contributed by atoms with Crippen LogP contribution in [0.5, 0.6) is 0 Å². The molecule has 0 N–H and O–H groups in total. The average Bonchev–Trinajstić information content (AvgIpc) is 3.15. The van der Waals surface area contributed by atoms with E-state index in [1.165, 1.54) is 60.5 Å². The number of fused-ring (bicyclic) bond motifs is 5. The van der Waals surface area contributed by atoms with Crippen molar-refractivity contribution in [1.29, 1.82) is 0 Å². The smallest absolute Gasteiger partial charge is 0.0780 e. The third-order valence-corrected chi connectivity index (χ3v) is 10.0. The Labute approximate surface area is 274 Å². The van der Waals surface area contributed by atoms with Gasteiger partial charge in [0.25, 0.3) is 0 Å². The highest BCUT2D eigenvalue weighted by Crippen LogP contribution is 2.46. The lowest BCUT2D eigenvalue weighted by atomic mass is 9.67. The first-order valence-corrected chi connectivity index (χ1v) is 16.3. The van der Waals surface area contributed by atoms with Crippen LogP contribution >= 0.6 is 0 Å². The molecule has 9 rings (SSSR count). The van der Waals surface area contributed by atoms with E-state index in [4.69, 9.17) is 9.97 Å². The van der Waals surface area contributed by atoms with Crippen molar-refractivity contribution in [1.82, 2.24) is 9.97 Å². The van der Waals surface area contributed by atoms with Crippen LogP contribution in [0.4, 0.5) is 0 Å². The summed E-state index contributed by atoms with van der Waals surface area (Å²) in [5.41, 5.74) is 12.8.